The van der Waals surface area contributed by atoms with E-state index in [2.05, 4.69) is 10.4 Å². The van der Waals surface area contributed by atoms with E-state index in [1.165, 1.54) is 6.21 Å². The van der Waals surface area contributed by atoms with E-state index in [9.17, 15) is 14.4 Å². The molecule has 0 radical (unpaired) electrons. The van der Waals surface area contributed by atoms with Crippen LogP contribution in [0.3, 0.4) is 0 Å². The van der Waals surface area contributed by atoms with Gasteiger partial charge in [-0.2, -0.15) is 5.10 Å². The summed E-state index contributed by atoms with van der Waals surface area (Å²) in [7, 11) is 0. The summed E-state index contributed by atoms with van der Waals surface area (Å²) in [6, 6.07) is 7.26. The van der Waals surface area contributed by atoms with Crippen molar-refractivity contribution in [3.8, 4) is 0 Å². The van der Waals surface area contributed by atoms with Gasteiger partial charge in [-0.05, 0) is 30.5 Å². The highest BCUT2D eigenvalue weighted by molar-refractivity contribution is 5.99. The van der Waals surface area contributed by atoms with Crippen molar-refractivity contribution < 1.29 is 19.5 Å². The number of carbonyl (C=O) groups is 3. The number of carboxylic acids is 1. The molecule has 2 atom stereocenters. The smallest absolute Gasteiger partial charge is 0.308 e. The van der Waals surface area contributed by atoms with Gasteiger partial charge in [-0.25, -0.2) is 0 Å². The zero-order chi connectivity index (χ0) is 19.1. The molecular formula is C18H24N4O4. The highest BCUT2D eigenvalue weighted by Gasteiger charge is 2.34. The van der Waals surface area contributed by atoms with Crippen LogP contribution < -0.4 is 16.1 Å². The first kappa shape index (κ1) is 19.4. The molecule has 4 N–H and O–H groups in total. The summed E-state index contributed by atoms with van der Waals surface area (Å²) in [5.74, 6) is 2.80. The van der Waals surface area contributed by atoms with Crippen LogP contribution >= 0.6 is 0 Å². The Morgan fingerprint density at radius 3 is 2.69 bits per heavy atom. The summed E-state index contributed by atoms with van der Waals surface area (Å²) in [6.45, 7) is 2.39. The van der Waals surface area contributed by atoms with E-state index in [0.717, 1.165) is 11.3 Å². The van der Waals surface area contributed by atoms with Crippen LogP contribution in [0, 0.1) is 11.8 Å². The number of aliphatic carboxylic acids is 1. The molecule has 1 aliphatic rings. The lowest BCUT2D eigenvalue weighted by molar-refractivity contribution is -0.141. The molecule has 1 aromatic carbocycles. The number of nitrogens with two attached hydrogens (primary N) is 1. The van der Waals surface area contributed by atoms with Gasteiger partial charge in [0, 0.05) is 31.1 Å². The lowest BCUT2D eigenvalue weighted by Gasteiger charge is -2.17. The minimum absolute atomic E-state index is 0.0727. The number of benzene rings is 1. The van der Waals surface area contributed by atoms with E-state index in [0.29, 0.717) is 19.4 Å². The summed E-state index contributed by atoms with van der Waals surface area (Å²) < 4.78 is 0. The zero-order valence-electron chi connectivity index (χ0n) is 14.7. The Hall–Kier alpha value is -2.90. The Labute approximate surface area is 152 Å². The molecule has 1 heterocycles. The van der Waals surface area contributed by atoms with Crippen molar-refractivity contribution in [2.24, 2.45) is 22.8 Å². The van der Waals surface area contributed by atoms with Gasteiger partial charge in [0.05, 0.1) is 12.1 Å². The van der Waals surface area contributed by atoms with Gasteiger partial charge >= 0.3 is 5.97 Å². The van der Waals surface area contributed by atoms with Crippen molar-refractivity contribution in [3.05, 3.63) is 29.8 Å². The molecular weight excluding hydrogens is 336 g/mol. The van der Waals surface area contributed by atoms with Crippen molar-refractivity contribution in [1.82, 2.24) is 5.32 Å². The van der Waals surface area contributed by atoms with E-state index < -0.39 is 11.9 Å². The fourth-order valence-electron chi connectivity index (χ4n) is 2.95. The molecule has 0 aromatic heterocycles. The Bertz CT molecular complexity index is 687. The average molecular weight is 360 g/mol. The highest BCUT2D eigenvalue weighted by Crippen LogP contribution is 2.27. The normalized spacial score (nSPS) is 18.3. The van der Waals surface area contributed by atoms with Crippen LogP contribution in [-0.2, 0) is 14.4 Å². The van der Waals surface area contributed by atoms with Crippen molar-refractivity contribution >= 4 is 29.7 Å². The number of carboxylic acid groups (broad SMARTS) is 1. The quantitative estimate of drug-likeness (QED) is 0.361. The Balaban J connectivity index is 1.90. The molecule has 1 aliphatic heterocycles. The van der Waals surface area contributed by atoms with Crippen LogP contribution in [0.2, 0.25) is 0 Å². The monoisotopic (exact) mass is 360 g/mol. The van der Waals surface area contributed by atoms with E-state index in [1.807, 2.05) is 24.3 Å². The van der Waals surface area contributed by atoms with Crippen LogP contribution in [-0.4, -0.2) is 42.2 Å². The van der Waals surface area contributed by atoms with Gasteiger partial charge < -0.3 is 21.2 Å². The third kappa shape index (κ3) is 4.81. The lowest BCUT2D eigenvalue weighted by atomic mass is 10.0. The van der Waals surface area contributed by atoms with E-state index in [-0.39, 0.29) is 30.7 Å². The van der Waals surface area contributed by atoms with E-state index in [1.54, 1.807) is 11.8 Å². The third-order valence-corrected chi connectivity index (χ3v) is 4.56. The molecule has 26 heavy (non-hydrogen) atoms. The van der Waals surface area contributed by atoms with Crippen molar-refractivity contribution in [2.45, 2.75) is 26.2 Å². The van der Waals surface area contributed by atoms with Crippen molar-refractivity contribution in [1.29, 1.82) is 0 Å². The predicted molar refractivity (Wildman–Crippen MR) is 97.7 cm³/mol. The fraction of sp³-hybridized carbons (Fsp3) is 0.444. The standard InChI is InChI=1S/C18H24N4O4/c1-2-13(18(25)26)11-20-16(23)9-14-7-8-22(17(14)24)15-5-3-12(4-6-15)10-21-19/h3-6,10,13-14H,2,7-9,11,19H2,1H3,(H,20,23)(H,25,26). The summed E-state index contributed by atoms with van der Waals surface area (Å²) in [5, 5.41) is 15.1. The van der Waals surface area contributed by atoms with E-state index in [4.69, 9.17) is 10.9 Å². The number of amides is 2. The summed E-state index contributed by atoms with van der Waals surface area (Å²) >= 11 is 0. The minimum atomic E-state index is -0.931. The number of hydrogen-bond donors (Lipinski definition) is 3. The second kappa shape index (κ2) is 8.98. The maximum absolute atomic E-state index is 12.6. The summed E-state index contributed by atoms with van der Waals surface area (Å²) in [6.07, 6.45) is 2.62. The molecule has 2 rings (SSSR count). The molecule has 1 saturated heterocycles. The van der Waals surface area contributed by atoms with Gasteiger partial charge in [-0.1, -0.05) is 19.1 Å². The number of nitrogens with zero attached hydrogens (tertiary/aromatic N) is 2. The molecule has 140 valence electrons. The first-order valence-electron chi connectivity index (χ1n) is 8.60. The van der Waals surface area contributed by atoms with Crippen LogP contribution in [0.5, 0.6) is 0 Å². The summed E-state index contributed by atoms with van der Waals surface area (Å²) in [4.78, 5) is 37.2. The number of hydrazone groups is 1. The Kier molecular flexibility index (Phi) is 6.71. The van der Waals surface area contributed by atoms with Gasteiger partial charge in [-0.3, -0.25) is 14.4 Å². The van der Waals surface area contributed by atoms with Crippen LogP contribution in [0.4, 0.5) is 5.69 Å². The second-order valence-electron chi connectivity index (χ2n) is 6.30. The Morgan fingerprint density at radius 2 is 2.12 bits per heavy atom. The first-order chi connectivity index (χ1) is 12.5. The SMILES string of the molecule is CCC(CNC(=O)CC1CCN(c2ccc(C=NN)cc2)C1=O)C(=O)O. The topological polar surface area (TPSA) is 125 Å². The lowest BCUT2D eigenvalue weighted by Crippen LogP contribution is -2.35. The van der Waals surface area contributed by atoms with Crippen molar-refractivity contribution in [3.63, 3.8) is 0 Å². The maximum atomic E-state index is 12.6. The molecule has 2 amide bonds. The van der Waals surface area contributed by atoms with Gasteiger partial charge in [0.2, 0.25) is 11.8 Å². The third-order valence-electron chi connectivity index (χ3n) is 4.56. The van der Waals surface area contributed by atoms with Crippen LogP contribution in [0.15, 0.2) is 29.4 Å². The van der Waals surface area contributed by atoms with Gasteiger partial charge in [0.25, 0.3) is 0 Å². The molecule has 0 spiro atoms. The average Bonchev–Trinajstić information content (AvgIpc) is 2.97. The minimum Gasteiger partial charge on any atom is -0.481 e. The van der Waals surface area contributed by atoms with Crippen LogP contribution in [0.1, 0.15) is 31.7 Å². The number of anilines is 1. The molecule has 2 unspecified atom stereocenters. The zero-order valence-corrected chi connectivity index (χ0v) is 14.7. The molecule has 0 bridgehead atoms. The highest BCUT2D eigenvalue weighted by atomic mass is 16.4. The molecule has 8 nitrogen and oxygen atoms in total. The summed E-state index contributed by atoms with van der Waals surface area (Å²) in [5.41, 5.74) is 1.60. The predicted octanol–water partition coefficient (Wildman–Crippen LogP) is 0.949. The number of nitrogens with one attached hydrogen (secondary N) is 1. The van der Waals surface area contributed by atoms with Gasteiger partial charge in [0.15, 0.2) is 0 Å². The maximum Gasteiger partial charge on any atom is 0.308 e. The number of rotatable bonds is 8. The molecule has 0 aliphatic carbocycles. The fourth-order valence-corrected chi connectivity index (χ4v) is 2.95. The largest absolute Gasteiger partial charge is 0.481 e. The van der Waals surface area contributed by atoms with Gasteiger partial charge in [-0.15, -0.1) is 0 Å². The first-order valence-corrected chi connectivity index (χ1v) is 8.60. The number of hydrogen-bond acceptors (Lipinski definition) is 5. The molecule has 0 saturated carbocycles. The molecule has 1 fully saturated rings. The number of carbonyl (C=O) groups excluding carboxylic acids is 2. The Morgan fingerprint density at radius 1 is 1.42 bits per heavy atom. The van der Waals surface area contributed by atoms with Gasteiger partial charge in [0.1, 0.15) is 0 Å². The van der Waals surface area contributed by atoms with Crippen molar-refractivity contribution in [2.75, 3.05) is 18.0 Å². The second-order valence-corrected chi connectivity index (χ2v) is 6.30. The van der Waals surface area contributed by atoms with E-state index >= 15 is 0 Å². The van der Waals surface area contributed by atoms with Crippen LogP contribution in [0.25, 0.3) is 0 Å². The molecule has 1 aromatic rings. The molecule has 8 heteroatoms.